The summed E-state index contributed by atoms with van der Waals surface area (Å²) < 4.78 is 64.1. The lowest BCUT2D eigenvalue weighted by atomic mass is 10.1. The molecule has 1 amide bonds. The van der Waals surface area contributed by atoms with Gasteiger partial charge in [0.1, 0.15) is 0 Å². The van der Waals surface area contributed by atoms with Crippen molar-refractivity contribution in [1.82, 2.24) is 10.2 Å². The molecule has 0 radical (unpaired) electrons. The van der Waals surface area contributed by atoms with E-state index in [0.717, 1.165) is 0 Å². The fourth-order valence-electron chi connectivity index (χ4n) is 2.31. The van der Waals surface area contributed by atoms with Crippen LogP contribution in [-0.2, 0) is 14.8 Å². The number of aromatic amines is 1. The Morgan fingerprint density at radius 2 is 1.64 bits per heavy atom. The van der Waals surface area contributed by atoms with E-state index in [-0.39, 0.29) is 16.4 Å². The number of H-pyrrole nitrogens is 1. The number of sulfonamides is 1. The van der Waals surface area contributed by atoms with Crippen LogP contribution in [0.5, 0.6) is 0 Å². The van der Waals surface area contributed by atoms with Crippen LogP contribution in [0.1, 0.15) is 0 Å². The van der Waals surface area contributed by atoms with Crippen LogP contribution in [0.25, 0.3) is 11.1 Å². The van der Waals surface area contributed by atoms with Gasteiger partial charge in [-0.2, -0.15) is 18.3 Å². The van der Waals surface area contributed by atoms with E-state index >= 15 is 0 Å². The molecule has 0 aliphatic carbocycles. The molecule has 3 rings (SSSR count). The molecular weight excluding hydrogens is 397 g/mol. The minimum Gasteiger partial charge on any atom is -0.318 e. The summed E-state index contributed by atoms with van der Waals surface area (Å²) >= 11 is 0. The molecule has 146 valence electrons. The first-order valence-electron chi connectivity index (χ1n) is 7.77. The first-order chi connectivity index (χ1) is 13.2. The van der Waals surface area contributed by atoms with Crippen molar-refractivity contribution in [2.24, 2.45) is 0 Å². The third-order valence-electron chi connectivity index (χ3n) is 3.64. The van der Waals surface area contributed by atoms with Gasteiger partial charge in [-0.05, 0) is 29.8 Å². The molecule has 0 atom stereocenters. The van der Waals surface area contributed by atoms with Gasteiger partial charge >= 0.3 is 12.1 Å². The standard InChI is InChI=1S/C17H13F3N4O3S/c18-17(19,20)16(25)22-12-8-6-11(7-9-12)14-10-21-23-15(14)24-28(26,27)13-4-2-1-3-5-13/h1-10H,(H,22,25)(H2,21,23,24). The zero-order valence-corrected chi connectivity index (χ0v) is 14.8. The largest absolute Gasteiger partial charge is 0.471 e. The predicted octanol–water partition coefficient (Wildman–Crippen LogP) is 3.38. The van der Waals surface area contributed by atoms with E-state index in [1.54, 1.807) is 23.5 Å². The van der Waals surface area contributed by atoms with Gasteiger partial charge in [0, 0.05) is 17.4 Å². The highest BCUT2D eigenvalue weighted by Gasteiger charge is 2.38. The summed E-state index contributed by atoms with van der Waals surface area (Å²) in [5.41, 5.74) is 0.804. The summed E-state index contributed by atoms with van der Waals surface area (Å²) in [5.74, 6) is -2.06. The Kier molecular flexibility index (Phi) is 5.10. The molecule has 0 saturated heterocycles. The minimum atomic E-state index is -4.99. The number of hydrogen-bond donors (Lipinski definition) is 3. The van der Waals surface area contributed by atoms with Gasteiger partial charge in [-0.1, -0.05) is 30.3 Å². The first-order valence-corrected chi connectivity index (χ1v) is 9.25. The third kappa shape index (κ3) is 4.31. The SMILES string of the molecule is O=C(Nc1ccc(-c2c[nH]nc2NS(=O)(=O)c2ccccc2)cc1)C(F)(F)F. The number of amides is 1. The first kappa shape index (κ1) is 19.4. The summed E-state index contributed by atoms with van der Waals surface area (Å²) in [6, 6.07) is 13.1. The number of anilines is 2. The number of alkyl halides is 3. The van der Waals surface area contributed by atoms with E-state index in [0.29, 0.717) is 11.1 Å². The van der Waals surface area contributed by atoms with Crippen LogP contribution in [0.3, 0.4) is 0 Å². The average Bonchev–Trinajstić information content (AvgIpc) is 3.09. The van der Waals surface area contributed by atoms with Gasteiger partial charge in [-0.3, -0.25) is 14.6 Å². The fourth-order valence-corrected chi connectivity index (χ4v) is 3.35. The van der Waals surface area contributed by atoms with E-state index in [2.05, 4.69) is 14.9 Å². The van der Waals surface area contributed by atoms with Crippen molar-refractivity contribution in [3.05, 3.63) is 60.8 Å². The predicted molar refractivity (Wildman–Crippen MR) is 96.0 cm³/mol. The molecule has 0 aliphatic heterocycles. The molecule has 11 heteroatoms. The smallest absolute Gasteiger partial charge is 0.318 e. The van der Waals surface area contributed by atoms with Crippen LogP contribution in [0.15, 0.2) is 65.7 Å². The molecular formula is C17H13F3N4O3S. The lowest BCUT2D eigenvalue weighted by molar-refractivity contribution is -0.167. The zero-order valence-electron chi connectivity index (χ0n) is 14.0. The van der Waals surface area contributed by atoms with Crippen molar-refractivity contribution in [2.75, 3.05) is 10.0 Å². The van der Waals surface area contributed by atoms with Crippen LogP contribution in [-0.4, -0.2) is 30.7 Å². The van der Waals surface area contributed by atoms with Crippen molar-refractivity contribution in [1.29, 1.82) is 0 Å². The molecule has 2 aromatic carbocycles. The van der Waals surface area contributed by atoms with Crippen molar-refractivity contribution >= 4 is 27.4 Å². The van der Waals surface area contributed by atoms with Crippen LogP contribution in [0, 0.1) is 0 Å². The Morgan fingerprint density at radius 1 is 1.00 bits per heavy atom. The third-order valence-corrected chi connectivity index (χ3v) is 4.99. The van der Waals surface area contributed by atoms with E-state index in [1.807, 2.05) is 0 Å². The highest BCUT2D eigenvalue weighted by molar-refractivity contribution is 7.92. The lowest BCUT2D eigenvalue weighted by Gasteiger charge is -2.10. The number of rotatable bonds is 5. The summed E-state index contributed by atoms with van der Waals surface area (Å²) in [6.45, 7) is 0. The maximum absolute atomic E-state index is 12.4. The van der Waals surface area contributed by atoms with Crippen LogP contribution in [0.2, 0.25) is 0 Å². The lowest BCUT2D eigenvalue weighted by Crippen LogP contribution is -2.29. The number of nitrogens with one attached hydrogen (secondary N) is 3. The molecule has 3 aromatic rings. The maximum atomic E-state index is 12.4. The number of benzene rings is 2. The molecule has 3 N–H and O–H groups in total. The van der Waals surface area contributed by atoms with Gasteiger partial charge < -0.3 is 5.32 Å². The Hall–Kier alpha value is -3.34. The summed E-state index contributed by atoms with van der Waals surface area (Å²) in [6.07, 6.45) is -3.56. The van der Waals surface area contributed by atoms with Gasteiger partial charge in [-0.25, -0.2) is 8.42 Å². The number of hydrogen-bond acceptors (Lipinski definition) is 4. The second-order valence-corrected chi connectivity index (χ2v) is 7.28. The maximum Gasteiger partial charge on any atom is 0.471 e. The van der Waals surface area contributed by atoms with Crippen molar-refractivity contribution in [3.8, 4) is 11.1 Å². The normalized spacial score (nSPS) is 11.8. The van der Waals surface area contributed by atoms with Crippen LogP contribution >= 0.6 is 0 Å². The molecule has 0 bridgehead atoms. The Balaban J connectivity index is 1.81. The molecule has 1 heterocycles. The van der Waals surface area contributed by atoms with Crippen LogP contribution in [0.4, 0.5) is 24.7 Å². The van der Waals surface area contributed by atoms with Crippen LogP contribution < -0.4 is 10.0 Å². The topological polar surface area (TPSA) is 104 Å². The van der Waals surface area contributed by atoms with Gasteiger partial charge in [0.25, 0.3) is 10.0 Å². The van der Waals surface area contributed by atoms with E-state index < -0.39 is 22.1 Å². The second-order valence-electron chi connectivity index (χ2n) is 5.60. The van der Waals surface area contributed by atoms with Crippen molar-refractivity contribution in [2.45, 2.75) is 11.1 Å². The molecule has 28 heavy (non-hydrogen) atoms. The highest BCUT2D eigenvalue weighted by atomic mass is 32.2. The summed E-state index contributed by atoms with van der Waals surface area (Å²) in [5, 5.41) is 8.14. The summed E-state index contributed by atoms with van der Waals surface area (Å²) in [7, 11) is -3.87. The second kappa shape index (κ2) is 7.35. The van der Waals surface area contributed by atoms with Gasteiger partial charge in [-0.15, -0.1) is 0 Å². The Morgan fingerprint density at radius 3 is 2.25 bits per heavy atom. The molecule has 0 unspecified atom stereocenters. The monoisotopic (exact) mass is 410 g/mol. The number of carbonyl (C=O) groups excluding carboxylic acids is 1. The number of carbonyl (C=O) groups is 1. The highest BCUT2D eigenvalue weighted by Crippen LogP contribution is 2.29. The molecule has 0 fully saturated rings. The molecule has 1 aromatic heterocycles. The summed E-state index contributed by atoms with van der Waals surface area (Å²) in [4.78, 5) is 11.0. The quantitative estimate of drug-likeness (QED) is 0.600. The van der Waals surface area contributed by atoms with Crippen molar-refractivity contribution in [3.63, 3.8) is 0 Å². The van der Waals surface area contributed by atoms with E-state index in [4.69, 9.17) is 0 Å². The van der Waals surface area contributed by atoms with Crippen molar-refractivity contribution < 1.29 is 26.4 Å². The average molecular weight is 410 g/mol. The van der Waals surface area contributed by atoms with Gasteiger partial charge in [0.2, 0.25) is 0 Å². The molecule has 7 nitrogen and oxygen atoms in total. The molecule has 0 spiro atoms. The number of aromatic nitrogens is 2. The molecule has 0 saturated carbocycles. The Bertz CT molecular complexity index is 1080. The fraction of sp³-hybridized carbons (Fsp3) is 0.0588. The number of nitrogens with zero attached hydrogens (tertiary/aromatic N) is 1. The minimum absolute atomic E-state index is 0.0240. The number of halogens is 3. The van der Waals surface area contributed by atoms with E-state index in [1.165, 1.54) is 42.6 Å². The van der Waals surface area contributed by atoms with E-state index in [9.17, 15) is 26.4 Å². The Labute approximate surface area is 157 Å². The molecule has 0 aliphatic rings. The van der Waals surface area contributed by atoms with Gasteiger partial charge in [0.15, 0.2) is 5.82 Å². The van der Waals surface area contributed by atoms with Gasteiger partial charge in [0.05, 0.1) is 4.90 Å². The zero-order chi connectivity index (χ0) is 20.4.